The van der Waals surface area contributed by atoms with E-state index in [-0.39, 0.29) is 19.0 Å². The van der Waals surface area contributed by atoms with Crippen LogP contribution in [0.4, 0.5) is 19.0 Å². The number of hydrogen-bond acceptors (Lipinski definition) is 5. The predicted octanol–water partition coefficient (Wildman–Crippen LogP) is 1.59. The monoisotopic (exact) mass is 317 g/mol. The van der Waals surface area contributed by atoms with Crippen LogP contribution in [0.15, 0.2) is 12.1 Å². The first kappa shape index (κ1) is 16.2. The SMILES string of the molecule is Cc1cc(C)nc(NC(=O)C2CN(OC(=O)C(F)(F)F)C2)c1. The van der Waals surface area contributed by atoms with Crippen molar-refractivity contribution in [1.29, 1.82) is 0 Å². The summed E-state index contributed by atoms with van der Waals surface area (Å²) in [5.41, 5.74) is 1.67. The molecule has 0 aromatic carbocycles. The summed E-state index contributed by atoms with van der Waals surface area (Å²) < 4.78 is 36.0. The second-order valence-electron chi connectivity index (χ2n) is 5.08. The number of aryl methyl sites for hydroxylation is 2. The average Bonchev–Trinajstić information content (AvgIpc) is 2.29. The molecule has 6 nitrogen and oxygen atoms in total. The van der Waals surface area contributed by atoms with Crippen molar-refractivity contribution in [2.24, 2.45) is 5.92 Å². The normalized spacial score (nSPS) is 16.0. The molecule has 0 bridgehead atoms. The molecule has 0 unspecified atom stereocenters. The van der Waals surface area contributed by atoms with Gasteiger partial charge >= 0.3 is 12.1 Å². The van der Waals surface area contributed by atoms with E-state index in [9.17, 15) is 22.8 Å². The quantitative estimate of drug-likeness (QED) is 0.916. The van der Waals surface area contributed by atoms with Gasteiger partial charge < -0.3 is 10.2 Å². The Labute approximate surface area is 124 Å². The molecule has 1 amide bonds. The Hall–Kier alpha value is -2.16. The van der Waals surface area contributed by atoms with Crippen LogP contribution in [0.3, 0.4) is 0 Å². The van der Waals surface area contributed by atoms with Crippen molar-refractivity contribution < 1.29 is 27.6 Å². The molecular formula is C13H14F3N3O3. The van der Waals surface area contributed by atoms with Crippen LogP contribution in [0.2, 0.25) is 0 Å². The lowest BCUT2D eigenvalue weighted by molar-refractivity contribution is -0.256. The van der Waals surface area contributed by atoms with Gasteiger partial charge in [-0.3, -0.25) is 4.79 Å². The van der Waals surface area contributed by atoms with E-state index in [0.29, 0.717) is 5.82 Å². The van der Waals surface area contributed by atoms with Crippen LogP contribution in [0.5, 0.6) is 0 Å². The van der Waals surface area contributed by atoms with Crippen molar-refractivity contribution in [3.05, 3.63) is 23.4 Å². The molecule has 1 aromatic heterocycles. The average molecular weight is 317 g/mol. The number of halogens is 3. The molecule has 0 spiro atoms. The fourth-order valence-corrected chi connectivity index (χ4v) is 1.98. The Bertz CT molecular complexity index is 578. The van der Waals surface area contributed by atoms with E-state index in [1.165, 1.54) is 0 Å². The van der Waals surface area contributed by atoms with Crippen molar-refractivity contribution in [1.82, 2.24) is 10.0 Å². The maximum atomic E-state index is 12.0. The lowest BCUT2D eigenvalue weighted by atomic mass is 10.0. The van der Waals surface area contributed by atoms with Crippen LogP contribution in [0.1, 0.15) is 11.3 Å². The lowest BCUT2D eigenvalue weighted by Crippen LogP contribution is -2.53. The number of anilines is 1. The van der Waals surface area contributed by atoms with Crippen LogP contribution in [0, 0.1) is 19.8 Å². The number of aromatic nitrogens is 1. The number of rotatable bonds is 3. The second kappa shape index (κ2) is 5.91. The van der Waals surface area contributed by atoms with Gasteiger partial charge in [0.05, 0.1) is 5.92 Å². The highest BCUT2D eigenvalue weighted by Crippen LogP contribution is 2.22. The van der Waals surface area contributed by atoms with Crippen molar-refractivity contribution in [3.8, 4) is 0 Å². The minimum absolute atomic E-state index is 0.0849. The Morgan fingerprint density at radius 2 is 1.95 bits per heavy atom. The number of pyridine rings is 1. The van der Waals surface area contributed by atoms with Gasteiger partial charge in [0.2, 0.25) is 5.91 Å². The van der Waals surface area contributed by atoms with Crippen LogP contribution < -0.4 is 5.32 Å². The number of nitrogens with one attached hydrogen (secondary N) is 1. The standard InChI is InChI=1S/C13H14F3N3O3/c1-7-3-8(2)17-10(4-7)18-11(20)9-5-19(6-9)22-12(21)13(14,15)16/h3-4,9H,5-6H2,1-2H3,(H,17,18,20). The summed E-state index contributed by atoms with van der Waals surface area (Å²) in [6.45, 7) is 3.47. The number of amides is 1. The second-order valence-corrected chi connectivity index (χ2v) is 5.08. The third-order valence-electron chi connectivity index (χ3n) is 3.01. The smallest absolute Gasteiger partial charge is 0.361 e. The van der Waals surface area contributed by atoms with Crippen molar-refractivity contribution >= 4 is 17.7 Å². The zero-order valence-electron chi connectivity index (χ0n) is 11.9. The largest absolute Gasteiger partial charge is 0.492 e. The first-order valence-corrected chi connectivity index (χ1v) is 6.45. The molecule has 2 rings (SSSR count). The highest BCUT2D eigenvalue weighted by molar-refractivity contribution is 5.92. The fourth-order valence-electron chi connectivity index (χ4n) is 1.98. The number of nitrogens with zero attached hydrogens (tertiary/aromatic N) is 2. The molecule has 1 aliphatic heterocycles. The Morgan fingerprint density at radius 3 is 2.50 bits per heavy atom. The van der Waals surface area contributed by atoms with E-state index in [2.05, 4.69) is 15.1 Å². The lowest BCUT2D eigenvalue weighted by Gasteiger charge is -2.35. The minimum atomic E-state index is -5.05. The molecule has 1 aliphatic rings. The van der Waals surface area contributed by atoms with Crippen molar-refractivity contribution in [2.45, 2.75) is 20.0 Å². The first-order valence-electron chi connectivity index (χ1n) is 6.45. The van der Waals surface area contributed by atoms with E-state index in [0.717, 1.165) is 16.3 Å². The maximum Gasteiger partial charge on any atom is 0.492 e. The summed E-state index contributed by atoms with van der Waals surface area (Å²) in [5, 5.41) is 3.39. The fraction of sp³-hybridized carbons (Fsp3) is 0.462. The van der Waals surface area contributed by atoms with Crippen LogP contribution in [-0.4, -0.2) is 41.2 Å². The van der Waals surface area contributed by atoms with Crippen LogP contribution in [-0.2, 0) is 14.4 Å². The molecule has 1 aromatic rings. The Morgan fingerprint density at radius 1 is 1.32 bits per heavy atom. The molecule has 1 N–H and O–H groups in total. The number of carbonyl (C=O) groups is 2. The minimum Gasteiger partial charge on any atom is -0.361 e. The first-order chi connectivity index (χ1) is 10.1. The van der Waals surface area contributed by atoms with Gasteiger partial charge in [-0.05, 0) is 31.5 Å². The van der Waals surface area contributed by atoms with Crippen molar-refractivity contribution in [2.75, 3.05) is 18.4 Å². The summed E-state index contributed by atoms with van der Waals surface area (Å²) in [6, 6.07) is 3.53. The van der Waals surface area contributed by atoms with Gasteiger partial charge in [0.15, 0.2) is 0 Å². The Kier molecular flexibility index (Phi) is 4.36. The van der Waals surface area contributed by atoms with Gasteiger partial charge in [-0.2, -0.15) is 13.2 Å². The van der Waals surface area contributed by atoms with Gasteiger partial charge in [0, 0.05) is 18.8 Å². The molecule has 9 heteroatoms. The number of alkyl halides is 3. The van der Waals surface area contributed by atoms with E-state index in [1.54, 1.807) is 13.0 Å². The highest BCUT2D eigenvalue weighted by Gasteiger charge is 2.45. The number of hydroxylamine groups is 2. The third kappa shape index (κ3) is 3.94. The van der Waals surface area contributed by atoms with Crippen LogP contribution >= 0.6 is 0 Å². The Balaban J connectivity index is 1.83. The molecule has 120 valence electrons. The molecular weight excluding hydrogens is 303 g/mol. The molecule has 0 saturated carbocycles. The van der Waals surface area contributed by atoms with E-state index >= 15 is 0 Å². The van der Waals surface area contributed by atoms with Gasteiger partial charge in [0.25, 0.3) is 0 Å². The van der Waals surface area contributed by atoms with Gasteiger partial charge in [-0.1, -0.05) is 0 Å². The molecule has 0 atom stereocenters. The third-order valence-corrected chi connectivity index (χ3v) is 3.01. The zero-order valence-corrected chi connectivity index (χ0v) is 11.9. The maximum absolute atomic E-state index is 12.0. The molecule has 22 heavy (non-hydrogen) atoms. The molecule has 0 radical (unpaired) electrons. The van der Waals surface area contributed by atoms with Crippen molar-refractivity contribution in [3.63, 3.8) is 0 Å². The van der Waals surface area contributed by atoms with Crippen LogP contribution in [0.25, 0.3) is 0 Å². The molecule has 2 heterocycles. The molecule has 0 aliphatic carbocycles. The van der Waals surface area contributed by atoms with E-state index < -0.39 is 18.1 Å². The van der Waals surface area contributed by atoms with E-state index in [1.807, 2.05) is 13.0 Å². The number of hydrogen-bond donors (Lipinski definition) is 1. The summed E-state index contributed by atoms with van der Waals surface area (Å²) in [4.78, 5) is 30.7. The summed E-state index contributed by atoms with van der Waals surface area (Å²) in [6.07, 6.45) is -5.05. The summed E-state index contributed by atoms with van der Waals surface area (Å²) in [5.74, 6) is -2.84. The van der Waals surface area contributed by atoms with Gasteiger partial charge in [-0.25, -0.2) is 9.78 Å². The van der Waals surface area contributed by atoms with E-state index in [4.69, 9.17) is 0 Å². The number of carbonyl (C=O) groups excluding carboxylic acids is 2. The van der Waals surface area contributed by atoms with Gasteiger partial charge in [-0.15, -0.1) is 5.06 Å². The summed E-state index contributed by atoms with van der Waals surface area (Å²) >= 11 is 0. The summed E-state index contributed by atoms with van der Waals surface area (Å²) in [7, 11) is 0. The predicted molar refractivity (Wildman–Crippen MR) is 69.6 cm³/mol. The molecule has 1 saturated heterocycles. The van der Waals surface area contributed by atoms with Gasteiger partial charge in [0.1, 0.15) is 5.82 Å². The molecule has 1 fully saturated rings. The highest BCUT2D eigenvalue weighted by atomic mass is 19.4. The zero-order chi connectivity index (χ0) is 16.5. The topological polar surface area (TPSA) is 71.5 Å².